The Morgan fingerprint density at radius 2 is 2.10 bits per heavy atom. The van der Waals surface area contributed by atoms with Crippen LogP contribution in [0.2, 0.25) is 0 Å². The third kappa shape index (κ3) is 3.06. The van der Waals surface area contributed by atoms with Crippen LogP contribution >= 0.6 is 11.8 Å². The van der Waals surface area contributed by atoms with Crippen molar-refractivity contribution >= 4 is 23.6 Å². The summed E-state index contributed by atoms with van der Waals surface area (Å²) in [5.41, 5.74) is 0.760. The molecule has 112 valence electrons. The average molecular weight is 305 g/mol. The maximum absolute atomic E-state index is 12.3. The monoisotopic (exact) mass is 305 g/mol. The van der Waals surface area contributed by atoms with E-state index in [9.17, 15) is 9.59 Å². The first-order valence-electron chi connectivity index (χ1n) is 7.11. The van der Waals surface area contributed by atoms with Crippen LogP contribution in [0, 0.1) is 0 Å². The summed E-state index contributed by atoms with van der Waals surface area (Å²) < 4.78 is 0. The number of hydrogen-bond donors (Lipinski definition) is 1. The molecule has 0 radical (unpaired) electrons. The third-order valence-corrected chi connectivity index (χ3v) is 4.84. The molecule has 1 aromatic rings. The van der Waals surface area contributed by atoms with Crippen molar-refractivity contribution in [1.82, 2.24) is 15.1 Å². The number of nitrogens with one attached hydrogen (secondary N) is 1. The summed E-state index contributed by atoms with van der Waals surface area (Å²) in [5.74, 6) is 0.147. The highest BCUT2D eigenvalue weighted by atomic mass is 32.2. The summed E-state index contributed by atoms with van der Waals surface area (Å²) in [6.45, 7) is 3.35. The Morgan fingerprint density at radius 1 is 1.33 bits per heavy atom. The second kappa shape index (κ2) is 6.07. The molecule has 0 aliphatic carbocycles. The van der Waals surface area contributed by atoms with Crippen molar-refractivity contribution in [3.63, 3.8) is 0 Å². The Bertz CT molecular complexity index is 546. The van der Waals surface area contributed by atoms with Gasteiger partial charge in [-0.05, 0) is 18.4 Å². The molecule has 5 nitrogen and oxygen atoms in total. The third-order valence-electron chi connectivity index (χ3n) is 4.10. The molecule has 2 fully saturated rings. The highest BCUT2D eigenvalue weighted by Gasteiger charge is 2.35. The van der Waals surface area contributed by atoms with Crippen molar-refractivity contribution in [2.24, 2.45) is 0 Å². The predicted octanol–water partition coefficient (Wildman–Crippen LogP) is 1.30. The van der Waals surface area contributed by atoms with E-state index in [0.717, 1.165) is 23.5 Å². The fraction of sp³-hybridized carbons (Fsp3) is 0.467. The molecule has 0 saturated carbocycles. The topological polar surface area (TPSA) is 52.7 Å². The van der Waals surface area contributed by atoms with Crippen molar-refractivity contribution in [2.45, 2.75) is 10.9 Å². The Morgan fingerprint density at radius 3 is 2.81 bits per heavy atom. The minimum Gasteiger partial charge on any atom is -0.336 e. The van der Waals surface area contributed by atoms with E-state index in [1.807, 2.05) is 35.4 Å². The van der Waals surface area contributed by atoms with Gasteiger partial charge >= 0.3 is 6.03 Å². The Labute approximate surface area is 128 Å². The first-order chi connectivity index (χ1) is 10.2. The molecule has 2 saturated heterocycles. The van der Waals surface area contributed by atoms with Crippen LogP contribution in [0.1, 0.15) is 10.4 Å². The van der Waals surface area contributed by atoms with E-state index in [1.165, 1.54) is 0 Å². The molecule has 0 bridgehead atoms. The molecule has 1 unspecified atom stereocenters. The van der Waals surface area contributed by atoms with Gasteiger partial charge in [0, 0.05) is 36.6 Å². The largest absolute Gasteiger partial charge is 0.336 e. The summed E-state index contributed by atoms with van der Waals surface area (Å²) in [6.07, 6.45) is 2.02. The van der Waals surface area contributed by atoms with E-state index in [4.69, 9.17) is 0 Å². The summed E-state index contributed by atoms with van der Waals surface area (Å²) in [5, 5.41) is 2.85. The molecule has 0 spiro atoms. The zero-order valence-electron chi connectivity index (χ0n) is 12.0. The lowest BCUT2D eigenvalue weighted by Crippen LogP contribution is -2.53. The summed E-state index contributed by atoms with van der Waals surface area (Å²) in [7, 11) is 0. The molecule has 1 aromatic carbocycles. The second-order valence-electron chi connectivity index (χ2n) is 5.42. The van der Waals surface area contributed by atoms with Gasteiger partial charge in [0.1, 0.15) is 0 Å². The van der Waals surface area contributed by atoms with Gasteiger partial charge in [0.2, 0.25) is 0 Å². The van der Waals surface area contributed by atoms with Crippen molar-refractivity contribution in [2.75, 3.05) is 39.0 Å². The van der Waals surface area contributed by atoms with E-state index in [-0.39, 0.29) is 17.9 Å². The molecule has 2 heterocycles. The van der Waals surface area contributed by atoms with E-state index in [1.54, 1.807) is 11.8 Å². The number of urea groups is 1. The molecule has 3 rings (SSSR count). The number of benzene rings is 1. The molecular weight excluding hydrogens is 286 g/mol. The van der Waals surface area contributed by atoms with Gasteiger partial charge in [0.05, 0.1) is 12.6 Å². The van der Waals surface area contributed by atoms with Crippen LogP contribution < -0.4 is 5.32 Å². The van der Waals surface area contributed by atoms with Crippen LogP contribution in [0.4, 0.5) is 4.79 Å². The fourth-order valence-corrected chi connectivity index (χ4v) is 3.29. The summed E-state index contributed by atoms with van der Waals surface area (Å²) in [6, 6.07) is 7.98. The Balaban J connectivity index is 1.59. The maximum Gasteiger partial charge on any atom is 0.317 e. The molecule has 1 N–H and O–H groups in total. The summed E-state index contributed by atoms with van der Waals surface area (Å²) in [4.78, 5) is 29.0. The van der Waals surface area contributed by atoms with Crippen LogP contribution in [0.15, 0.2) is 29.2 Å². The van der Waals surface area contributed by atoms with Crippen molar-refractivity contribution in [1.29, 1.82) is 0 Å². The van der Waals surface area contributed by atoms with Gasteiger partial charge < -0.3 is 10.2 Å². The van der Waals surface area contributed by atoms with Crippen LogP contribution in [-0.4, -0.2) is 66.6 Å². The number of amides is 2. The van der Waals surface area contributed by atoms with Crippen molar-refractivity contribution < 1.29 is 9.59 Å². The molecule has 1 atom stereocenters. The van der Waals surface area contributed by atoms with Gasteiger partial charge in [-0.25, -0.2) is 4.79 Å². The van der Waals surface area contributed by atoms with E-state index in [2.05, 4.69) is 10.2 Å². The zero-order chi connectivity index (χ0) is 14.8. The number of rotatable bonds is 4. The number of ketones is 1. The molecule has 6 heteroatoms. The van der Waals surface area contributed by atoms with Gasteiger partial charge in [-0.3, -0.25) is 9.69 Å². The molecule has 21 heavy (non-hydrogen) atoms. The number of carbonyl (C=O) groups is 2. The van der Waals surface area contributed by atoms with Crippen LogP contribution in [-0.2, 0) is 0 Å². The lowest BCUT2D eigenvalue weighted by Gasteiger charge is -2.35. The zero-order valence-corrected chi connectivity index (χ0v) is 12.9. The first-order valence-corrected chi connectivity index (χ1v) is 8.34. The van der Waals surface area contributed by atoms with E-state index < -0.39 is 0 Å². The number of Topliss-reactive ketones (excluding diaryl/α,β-unsaturated/α-hetero) is 1. The molecule has 2 aliphatic rings. The highest BCUT2D eigenvalue weighted by Crippen LogP contribution is 2.17. The Hall–Kier alpha value is -1.53. The number of fused-ring (bicyclic) bond motifs is 1. The maximum atomic E-state index is 12.3. The molecule has 2 aliphatic heterocycles. The minimum absolute atomic E-state index is 0.0265. The molecule has 2 amide bonds. The average Bonchev–Trinajstić information content (AvgIpc) is 2.88. The van der Waals surface area contributed by atoms with E-state index >= 15 is 0 Å². The van der Waals surface area contributed by atoms with Crippen molar-refractivity contribution in [3.8, 4) is 0 Å². The Kier molecular flexibility index (Phi) is 4.17. The minimum atomic E-state index is 0.0265. The van der Waals surface area contributed by atoms with Crippen LogP contribution in [0.3, 0.4) is 0 Å². The van der Waals surface area contributed by atoms with Gasteiger partial charge in [0.25, 0.3) is 0 Å². The number of thioether (sulfide) groups is 1. The van der Waals surface area contributed by atoms with Crippen LogP contribution in [0.25, 0.3) is 0 Å². The second-order valence-corrected chi connectivity index (χ2v) is 6.30. The lowest BCUT2D eigenvalue weighted by molar-refractivity contribution is 0.0838. The number of piperazine rings is 1. The first kappa shape index (κ1) is 14.4. The van der Waals surface area contributed by atoms with Crippen molar-refractivity contribution in [3.05, 3.63) is 29.8 Å². The predicted molar refractivity (Wildman–Crippen MR) is 82.9 cm³/mol. The quantitative estimate of drug-likeness (QED) is 0.673. The number of carbonyl (C=O) groups excluding carboxylic acids is 2. The molecular formula is C15H19N3O2S. The standard InChI is InChI=1S/C15H19N3O2S/c1-21-13-4-2-11(3-5-13)14(19)10-17-6-7-18-12(9-17)8-16-15(18)20/h2-5,12H,6-10H2,1H3,(H,16,20). The van der Waals surface area contributed by atoms with Gasteiger partial charge in [0.15, 0.2) is 5.78 Å². The number of nitrogens with zero attached hydrogens (tertiary/aromatic N) is 2. The number of hydrogen-bond acceptors (Lipinski definition) is 4. The van der Waals surface area contributed by atoms with E-state index in [0.29, 0.717) is 19.6 Å². The highest BCUT2D eigenvalue weighted by molar-refractivity contribution is 7.98. The van der Waals surface area contributed by atoms with Gasteiger partial charge in [-0.1, -0.05) is 12.1 Å². The van der Waals surface area contributed by atoms with Crippen LogP contribution in [0.5, 0.6) is 0 Å². The van der Waals surface area contributed by atoms with Gasteiger partial charge in [-0.2, -0.15) is 0 Å². The SMILES string of the molecule is CSc1ccc(C(=O)CN2CCN3C(=O)NCC3C2)cc1. The fourth-order valence-electron chi connectivity index (χ4n) is 2.88. The lowest BCUT2D eigenvalue weighted by atomic mass is 10.1. The normalized spacial score (nSPS) is 22.0. The van der Waals surface area contributed by atoms with Gasteiger partial charge in [-0.15, -0.1) is 11.8 Å². The smallest absolute Gasteiger partial charge is 0.317 e. The summed E-state index contributed by atoms with van der Waals surface area (Å²) >= 11 is 1.67. The molecule has 0 aromatic heterocycles.